The second-order valence-electron chi connectivity index (χ2n) is 2.10. The van der Waals surface area contributed by atoms with E-state index in [9.17, 15) is 0 Å². The molecule has 0 aliphatic carbocycles. The molecule has 0 aromatic rings. The summed E-state index contributed by atoms with van der Waals surface area (Å²) in [6, 6.07) is 2.03. The molecule has 2 aliphatic rings. The Labute approximate surface area is 75.0 Å². The second kappa shape index (κ2) is 3.20. The molecule has 5 heteroatoms. The highest BCUT2D eigenvalue weighted by Crippen LogP contribution is 2.19. The Bertz CT molecular complexity index is 389. The molecule has 2 aliphatic heterocycles. The molecule has 2 heterocycles. The monoisotopic (exact) mass is 180 g/mol. The van der Waals surface area contributed by atoms with E-state index in [4.69, 9.17) is 5.26 Å². The third kappa shape index (κ3) is 1.11. The van der Waals surface area contributed by atoms with Crippen LogP contribution in [0.1, 0.15) is 5.56 Å². The molecule has 0 atom stereocenters. The van der Waals surface area contributed by atoms with Crippen LogP contribution in [-0.4, -0.2) is 15.0 Å². The van der Waals surface area contributed by atoms with Gasteiger partial charge in [0.1, 0.15) is 11.8 Å². The maximum absolute atomic E-state index is 8.59. The first-order valence-electron chi connectivity index (χ1n) is 3.09. The fourth-order valence-electron chi connectivity index (χ4n) is 0.945. The summed E-state index contributed by atoms with van der Waals surface area (Å²) in [5, 5.41) is 8.59. The lowest BCUT2D eigenvalue weighted by molar-refractivity contribution is 1.15. The lowest BCUT2D eigenvalue weighted by Crippen LogP contribution is -1.85. The topological polar surface area (TPSA) is 65.4 Å². The van der Waals surface area contributed by atoms with Crippen molar-refractivity contribution in [2.75, 3.05) is 0 Å². The van der Waals surface area contributed by atoms with Gasteiger partial charge in [-0.1, -0.05) is 0 Å². The highest BCUT2D eigenvalue weighted by atomic mass is 35.5. The van der Waals surface area contributed by atoms with E-state index in [1.165, 1.54) is 12.5 Å². The zero-order chi connectivity index (χ0) is 7.68. The van der Waals surface area contributed by atoms with Crippen LogP contribution >= 0.6 is 12.4 Å². The van der Waals surface area contributed by atoms with E-state index in [1.54, 1.807) is 6.20 Å². The smallest absolute Gasteiger partial charge is 0.106 e. The standard InChI is InChI=1S/C7H4N4.ClH/c8-1-5-2-10-6-3-9-4-11-7(5)6;/h2-4H,(H,9,11);1H. The molecule has 0 aromatic heterocycles. The molecule has 0 fully saturated rings. The minimum atomic E-state index is 0. The number of nitrogens with zero attached hydrogens (tertiary/aromatic N) is 3. The molecule has 60 valence electrons. The van der Waals surface area contributed by atoms with Crippen LogP contribution in [-0.2, 0) is 0 Å². The fourth-order valence-corrected chi connectivity index (χ4v) is 0.945. The van der Waals surface area contributed by atoms with Gasteiger partial charge in [0.05, 0.1) is 23.8 Å². The number of nitriles is 1. The number of nitrogens with one attached hydrogen (secondary N) is 1. The summed E-state index contributed by atoms with van der Waals surface area (Å²) in [5.74, 6) is 0. The first kappa shape index (κ1) is 8.50. The summed E-state index contributed by atoms with van der Waals surface area (Å²) in [5.41, 5.74) is 2.04. The van der Waals surface area contributed by atoms with Gasteiger partial charge >= 0.3 is 0 Å². The van der Waals surface area contributed by atoms with Crippen LogP contribution in [0.2, 0.25) is 0 Å². The molecule has 12 heavy (non-hydrogen) atoms. The SMILES string of the molecule is Cl.N#Cc1cnc2cnc[nH]c1-2. The van der Waals surface area contributed by atoms with Gasteiger partial charge in [-0.15, -0.1) is 12.4 Å². The molecule has 0 amide bonds. The lowest BCUT2D eigenvalue weighted by Gasteiger charge is -1.93. The van der Waals surface area contributed by atoms with Crippen molar-refractivity contribution in [1.82, 2.24) is 15.0 Å². The third-order valence-corrected chi connectivity index (χ3v) is 1.46. The Kier molecular flexibility index (Phi) is 2.26. The number of aromatic amines is 1. The largest absolute Gasteiger partial charge is 0.343 e. The zero-order valence-corrected chi connectivity index (χ0v) is 6.80. The predicted molar refractivity (Wildman–Crippen MR) is 45.0 cm³/mol. The van der Waals surface area contributed by atoms with Crippen molar-refractivity contribution >= 4 is 12.4 Å². The Morgan fingerprint density at radius 3 is 3.00 bits per heavy atom. The molecule has 0 saturated carbocycles. The number of fused-ring (bicyclic) bond motifs is 1. The Hall–Kier alpha value is -1.60. The summed E-state index contributed by atoms with van der Waals surface area (Å²) in [6.45, 7) is 0. The highest BCUT2D eigenvalue weighted by molar-refractivity contribution is 5.85. The van der Waals surface area contributed by atoms with Gasteiger partial charge in [0.25, 0.3) is 0 Å². The van der Waals surface area contributed by atoms with Gasteiger partial charge in [-0.05, 0) is 0 Å². The third-order valence-electron chi connectivity index (χ3n) is 1.46. The summed E-state index contributed by atoms with van der Waals surface area (Å²) in [4.78, 5) is 10.7. The zero-order valence-electron chi connectivity index (χ0n) is 5.98. The maximum Gasteiger partial charge on any atom is 0.106 e. The molecular formula is C7H5ClN4. The van der Waals surface area contributed by atoms with E-state index in [1.807, 2.05) is 6.07 Å². The Morgan fingerprint density at radius 1 is 1.42 bits per heavy atom. The van der Waals surface area contributed by atoms with Gasteiger partial charge in [0.15, 0.2) is 0 Å². The number of H-pyrrole nitrogens is 1. The lowest BCUT2D eigenvalue weighted by atomic mass is 10.2. The van der Waals surface area contributed by atoms with Crippen molar-refractivity contribution in [2.45, 2.75) is 0 Å². The minimum Gasteiger partial charge on any atom is -0.343 e. The molecule has 0 unspecified atom stereocenters. The molecular weight excluding hydrogens is 176 g/mol. The minimum absolute atomic E-state index is 0. The maximum atomic E-state index is 8.59. The fraction of sp³-hybridized carbons (Fsp3) is 0. The average molecular weight is 181 g/mol. The van der Waals surface area contributed by atoms with Crippen LogP contribution in [0.15, 0.2) is 18.7 Å². The van der Waals surface area contributed by atoms with E-state index in [0.717, 1.165) is 11.4 Å². The van der Waals surface area contributed by atoms with Crippen molar-refractivity contribution in [3.05, 3.63) is 24.3 Å². The van der Waals surface area contributed by atoms with Crippen molar-refractivity contribution in [1.29, 1.82) is 5.26 Å². The van der Waals surface area contributed by atoms with E-state index < -0.39 is 0 Å². The molecule has 0 bridgehead atoms. The van der Waals surface area contributed by atoms with Crippen LogP contribution in [0.3, 0.4) is 0 Å². The Balaban J connectivity index is 0.000000720. The van der Waals surface area contributed by atoms with Crippen LogP contribution in [0.5, 0.6) is 0 Å². The van der Waals surface area contributed by atoms with Crippen molar-refractivity contribution in [3.63, 3.8) is 0 Å². The van der Waals surface area contributed by atoms with E-state index >= 15 is 0 Å². The first-order valence-corrected chi connectivity index (χ1v) is 3.09. The van der Waals surface area contributed by atoms with Crippen molar-refractivity contribution in [3.8, 4) is 17.5 Å². The van der Waals surface area contributed by atoms with E-state index in [2.05, 4.69) is 15.0 Å². The summed E-state index contributed by atoms with van der Waals surface area (Å²) in [6.07, 6.45) is 4.68. The van der Waals surface area contributed by atoms with Gasteiger partial charge < -0.3 is 4.98 Å². The quantitative estimate of drug-likeness (QED) is 0.663. The molecule has 0 aromatic carbocycles. The van der Waals surface area contributed by atoms with Gasteiger partial charge in [-0.3, -0.25) is 4.98 Å². The van der Waals surface area contributed by atoms with Gasteiger partial charge in [0, 0.05) is 6.20 Å². The first-order chi connectivity index (χ1) is 5.42. The van der Waals surface area contributed by atoms with Gasteiger partial charge in [-0.25, -0.2) is 4.98 Å². The van der Waals surface area contributed by atoms with Gasteiger partial charge in [0.2, 0.25) is 0 Å². The molecule has 0 saturated heterocycles. The predicted octanol–water partition coefficient (Wildman–Crippen LogP) is 1.20. The molecule has 2 rings (SSSR count). The molecule has 0 spiro atoms. The second-order valence-corrected chi connectivity index (χ2v) is 2.10. The van der Waals surface area contributed by atoms with Crippen molar-refractivity contribution in [2.24, 2.45) is 0 Å². The van der Waals surface area contributed by atoms with E-state index in [-0.39, 0.29) is 12.4 Å². The average Bonchev–Trinajstić information content (AvgIpc) is 2.47. The van der Waals surface area contributed by atoms with Crippen LogP contribution in [0.25, 0.3) is 11.4 Å². The highest BCUT2D eigenvalue weighted by Gasteiger charge is 2.09. The number of aromatic nitrogens is 3. The Morgan fingerprint density at radius 2 is 2.25 bits per heavy atom. The van der Waals surface area contributed by atoms with Crippen LogP contribution in [0.4, 0.5) is 0 Å². The van der Waals surface area contributed by atoms with E-state index in [0.29, 0.717) is 5.56 Å². The number of rotatable bonds is 0. The molecule has 0 radical (unpaired) electrons. The summed E-state index contributed by atoms with van der Waals surface area (Å²) in [7, 11) is 0. The number of halogens is 1. The summed E-state index contributed by atoms with van der Waals surface area (Å²) >= 11 is 0. The van der Waals surface area contributed by atoms with Crippen LogP contribution < -0.4 is 0 Å². The summed E-state index contributed by atoms with van der Waals surface area (Å²) < 4.78 is 0. The molecule has 1 N–H and O–H groups in total. The molecule has 4 nitrogen and oxygen atoms in total. The van der Waals surface area contributed by atoms with Gasteiger partial charge in [-0.2, -0.15) is 5.26 Å². The number of hydrogen-bond donors (Lipinski definition) is 1. The normalized spacial score (nSPS) is 8.92. The van der Waals surface area contributed by atoms with Crippen LogP contribution in [0, 0.1) is 11.3 Å². The number of hydrogen-bond acceptors (Lipinski definition) is 3. The van der Waals surface area contributed by atoms with Crippen molar-refractivity contribution < 1.29 is 0 Å².